The molecule has 132 valence electrons. The van der Waals surface area contributed by atoms with Crippen LogP contribution in [0.1, 0.15) is 15.9 Å². The molecule has 2 aromatic carbocycles. The average molecular weight is 351 g/mol. The van der Waals surface area contributed by atoms with Crippen LogP contribution in [0, 0.1) is 0 Å². The summed E-state index contributed by atoms with van der Waals surface area (Å²) >= 11 is 0. The van der Waals surface area contributed by atoms with Crippen molar-refractivity contribution in [3.63, 3.8) is 0 Å². The van der Waals surface area contributed by atoms with Crippen molar-refractivity contribution in [3.8, 4) is 5.69 Å². The van der Waals surface area contributed by atoms with Gasteiger partial charge >= 0.3 is 5.97 Å². The largest absolute Gasteiger partial charge is 0.467 e. The number of rotatable bonds is 6. The molecule has 0 bridgehead atoms. The molecule has 8 heteroatoms. The second-order valence-electron chi connectivity index (χ2n) is 5.54. The molecule has 1 heterocycles. The third kappa shape index (κ3) is 4.10. The van der Waals surface area contributed by atoms with Gasteiger partial charge in [0.15, 0.2) is 0 Å². The lowest BCUT2D eigenvalue weighted by atomic mass is 10.1. The molecule has 0 saturated heterocycles. The van der Waals surface area contributed by atoms with Gasteiger partial charge < -0.3 is 10.1 Å². The van der Waals surface area contributed by atoms with Crippen molar-refractivity contribution in [1.29, 1.82) is 0 Å². The maximum atomic E-state index is 12.6. The van der Waals surface area contributed by atoms with Gasteiger partial charge in [-0.3, -0.25) is 4.79 Å². The lowest BCUT2D eigenvalue weighted by Crippen LogP contribution is -2.43. The van der Waals surface area contributed by atoms with E-state index in [1.165, 1.54) is 18.1 Å². The van der Waals surface area contributed by atoms with Crippen molar-refractivity contribution < 1.29 is 14.3 Å². The second kappa shape index (κ2) is 8.02. The first kappa shape index (κ1) is 17.3. The molecule has 8 nitrogen and oxygen atoms in total. The molecule has 3 rings (SSSR count). The molecular formula is C18H17N5O3. The molecule has 0 radical (unpaired) electrons. The smallest absolute Gasteiger partial charge is 0.328 e. The van der Waals surface area contributed by atoms with Crippen LogP contribution in [0.25, 0.3) is 5.69 Å². The molecule has 0 spiro atoms. The van der Waals surface area contributed by atoms with Crippen LogP contribution in [0.2, 0.25) is 0 Å². The third-order valence-electron chi connectivity index (χ3n) is 3.80. The average Bonchev–Trinajstić information content (AvgIpc) is 3.22. The summed E-state index contributed by atoms with van der Waals surface area (Å²) in [6.45, 7) is 0. The highest BCUT2D eigenvalue weighted by atomic mass is 16.5. The van der Waals surface area contributed by atoms with E-state index in [-0.39, 0.29) is 5.91 Å². The van der Waals surface area contributed by atoms with Gasteiger partial charge in [0.05, 0.1) is 12.8 Å². The standard InChI is InChI=1S/C18H17N5O3/c1-26-18(25)16(10-13-6-3-2-4-7-13)20-17(24)14-8-5-9-15(11-14)23-12-19-21-22-23/h2-9,11-12,16H,10H2,1H3,(H,20,24). The van der Waals surface area contributed by atoms with Gasteiger partial charge in [-0.25, -0.2) is 9.48 Å². The molecule has 1 aromatic heterocycles. The summed E-state index contributed by atoms with van der Waals surface area (Å²) < 4.78 is 6.26. The van der Waals surface area contributed by atoms with E-state index in [0.29, 0.717) is 17.7 Å². The number of esters is 1. The zero-order chi connectivity index (χ0) is 18.4. The Labute approximate surface area is 149 Å². The van der Waals surface area contributed by atoms with Crippen molar-refractivity contribution >= 4 is 11.9 Å². The molecule has 3 aromatic rings. The number of amides is 1. The molecule has 0 aliphatic rings. The Kier molecular flexibility index (Phi) is 5.33. The molecule has 1 N–H and O–H groups in total. The highest BCUT2D eigenvalue weighted by Crippen LogP contribution is 2.10. The number of carbonyl (C=O) groups excluding carboxylic acids is 2. The SMILES string of the molecule is COC(=O)C(Cc1ccccc1)NC(=O)c1cccc(-n2cnnn2)c1. The van der Waals surface area contributed by atoms with Gasteiger partial charge in [-0.1, -0.05) is 36.4 Å². The predicted octanol–water partition coefficient (Wildman–Crippen LogP) is 1.18. The molecule has 0 fully saturated rings. The Hall–Kier alpha value is -3.55. The monoisotopic (exact) mass is 351 g/mol. The van der Waals surface area contributed by atoms with Crippen molar-refractivity contribution in [1.82, 2.24) is 25.5 Å². The Bertz CT molecular complexity index is 881. The topological polar surface area (TPSA) is 99.0 Å². The Morgan fingerprint density at radius 3 is 2.65 bits per heavy atom. The summed E-state index contributed by atoms with van der Waals surface area (Å²) in [5.41, 5.74) is 1.95. The minimum absolute atomic E-state index is 0.339. The van der Waals surface area contributed by atoms with Crippen molar-refractivity contribution in [2.24, 2.45) is 0 Å². The van der Waals surface area contributed by atoms with Crippen LogP contribution in [0.3, 0.4) is 0 Å². The van der Waals surface area contributed by atoms with E-state index in [9.17, 15) is 9.59 Å². The van der Waals surface area contributed by atoms with Crippen LogP contribution in [0.5, 0.6) is 0 Å². The molecule has 0 aliphatic heterocycles. The summed E-state index contributed by atoms with van der Waals surface area (Å²) in [5, 5.41) is 13.7. The Morgan fingerprint density at radius 2 is 1.96 bits per heavy atom. The van der Waals surface area contributed by atoms with E-state index in [4.69, 9.17) is 4.74 Å². The lowest BCUT2D eigenvalue weighted by molar-refractivity contribution is -0.142. The Balaban J connectivity index is 1.77. The van der Waals surface area contributed by atoms with E-state index in [1.807, 2.05) is 30.3 Å². The van der Waals surface area contributed by atoms with Crippen LogP contribution in [0.15, 0.2) is 60.9 Å². The number of carbonyl (C=O) groups is 2. The molecular weight excluding hydrogens is 334 g/mol. The van der Waals surface area contributed by atoms with Crippen LogP contribution in [-0.4, -0.2) is 45.2 Å². The molecule has 1 amide bonds. The van der Waals surface area contributed by atoms with Crippen LogP contribution in [0.4, 0.5) is 0 Å². The van der Waals surface area contributed by atoms with Gasteiger partial charge in [-0.15, -0.1) is 5.10 Å². The quantitative estimate of drug-likeness (QED) is 0.670. The van der Waals surface area contributed by atoms with Crippen LogP contribution >= 0.6 is 0 Å². The molecule has 0 saturated carbocycles. The van der Waals surface area contributed by atoms with Gasteiger partial charge in [-0.05, 0) is 34.2 Å². The van der Waals surface area contributed by atoms with Crippen LogP contribution in [-0.2, 0) is 16.0 Å². The second-order valence-corrected chi connectivity index (χ2v) is 5.54. The summed E-state index contributed by atoms with van der Waals surface area (Å²) in [7, 11) is 1.30. The van der Waals surface area contributed by atoms with Crippen molar-refractivity contribution in [3.05, 3.63) is 72.1 Å². The van der Waals surface area contributed by atoms with E-state index >= 15 is 0 Å². The zero-order valence-corrected chi connectivity index (χ0v) is 14.1. The summed E-state index contributed by atoms with van der Waals surface area (Å²) in [6, 6.07) is 15.4. The number of hydrogen-bond donors (Lipinski definition) is 1. The minimum atomic E-state index is -0.786. The summed E-state index contributed by atoms with van der Waals surface area (Å²) in [5.74, 6) is -0.884. The molecule has 1 atom stereocenters. The first-order chi connectivity index (χ1) is 12.7. The van der Waals surface area contributed by atoms with Gasteiger partial charge in [0.1, 0.15) is 12.4 Å². The minimum Gasteiger partial charge on any atom is -0.467 e. The predicted molar refractivity (Wildman–Crippen MR) is 92.6 cm³/mol. The molecule has 1 unspecified atom stereocenters. The molecule has 0 aliphatic carbocycles. The summed E-state index contributed by atoms with van der Waals surface area (Å²) in [6.07, 6.45) is 1.77. The van der Waals surface area contributed by atoms with E-state index in [1.54, 1.807) is 24.3 Å². The van der Waals surface area contributed by atoms with E-state index < -0.39 is 12.0 Å². The van der Waals surface area contributed by atoms with E-state index in [0.717, 1.165) is 5.56 Å². The van der Waals surface area contributed by atoms with E-state index in [2.05, 4.69) is 20.8 Å². The highest BCUT2D eigenvalue weighted by Gasteiger charge is 2.22. The first-order valence-electron chi connectivity index (χ1n) is 7.93. The highest BCUT2D eigenvalue weighted by molar-refractivity contribution is 5.97. The number of ether oxygens (including phenoxy) is 1. The Morgan fingerprint density at radius 1 is 1.15 bits per heavy atom. The van der Waals surface area contributed by atoms with Gasteiger partial charge in [0, 0.05) is 12.0 Å². The summed E-state index contributed by atoms with van der Waals surface area (Å²) in [4.78, 5) is 24.7. The number of hydrogen-bond acceptors (Lipinski definition) is 6. The number of aromatic nitrogens is 4. The van der Waals surface area contributed by atoms with Crippen molar-refractivity contribution in [2.75, 3.05) is 7.11 Å². The fourth-order valence-corrected chi connectivity index (χ4v) is 2.50. The first-order valence-corrected chi connectivity index (χ1v) is 7.93. The number of methoxy groups -OCH3 is 1. The number of benzene rings is 2. The fourth-order valence-electron chi connectivity index (χ4n) is 2.50. The lowest BCUT2D eigenvalue weighted by Gasteiger charge is -2.17. The van der Waals surface area contributed by atoms with Gasteiger partial charge in [0.25, 0.3) is 5.91 Å². The zero-order valence-electron chi connectivity index (χ0n) is 14.1. The number of nitrogens with one attached hydrogen (secondary N) is 1. The van der Waals surface area contributed by atoms with Gasteiger partial charge in [0.2, 0.25) is 0 Å². The van der Waals surface area contributed by atoms with Crippen LogP contribution < -0.4 is 5.32 Å². The number of tetrazole rings is 1. The van der Waals surface area contributed by atoms with Crippen molar-refractivity contribution in [2.45, 2.75) is 12.5 Å². The third-order valence-corrected chi connectivity index (χ3v) is 3.80. The molecule has 26 heavy (non-hydrogen) atoms. The maximum absolute atomic E-state index is 12.6. The van der Waals surface area contributed by atoms with Gasteiger partial charge in [-0.2, -0.15) is 0 Å². The normalized spacial score (nSPS) is 11.6. The number of nitrogens with zero attached hydrogens (tertiary/aromatic N) is 4. The fraction of sp³-hybridized carbons (Fsp3) is 0.167. The maximum Gasteiger partial charge on any atom is 0.328 e.